The number of allylic oxidation sites excluding steroid dienone is 1. The third-order valence-corrected chi connectivity index (χ3v) is 5.95. The second-order valence-electron chi connectivity index (χ2n) is 6.39. The quantitative estimate of drug-likeness (QED) is 0.647. The third-order valence-electron chi connectivity index (χ3n) is 4.85. The van der Waals surface area contributed by atoms with Crippen LogP contribution >= 0.6 is 11.3 Å². The third kappa shape index (κ3) is 2.57. The Morgan fingerprint density at radius 3 is 2.69 bits per heavy atom. The molecule has 2 aromatic heterocycles. The molecule has 0 spiro atoms. The van der Waals surface area contributed by atoms with E-state index < -0.39 is 0 Å². The molecule has 0 bridgehead atoms. The fourth-order valence-electron chi connectivity index (χ4n) is 3.30. The molecular formula is C20H18N2O3S. The van der Waals surface area contributed by atoms with Gasteiger partial charge in [0.15, 0.2) is 0 Å². The number of carbonyl (C=O) groups is 1. The number of hydrogen-bond donors (Lipinski definition) is 0. The maximum atomic E-state index is 12.9. The number of rotatable bonds is 2. The Kier molecular flexibility index (Phi) is 4.00. The summed E-state index contributed by atoms with van der Waals surface area (Å²) in [4.78, 5) is 31.1. The van der Waals surface area contributed by atoms with Crippen LogP contribution in [0.1, 0.15) is 38.6 Å². The van der Waals surface area contributed by atoms with Crippen LogP contribution in [-0.2, 0) is 11.3 Å². The first-order chi connectivity index (χ1) is 12.5. The van der Waals surface area contributed by atoms with Gasteiger partial charge < -0.3 is 4.74 Å². The number of methoxy groups -OCH3 is 1. The van der Waals surface area contributed by atoms with Crippen LogP contribution in [0.5, 0.6) is 0 Å². The van der Waals surface area contributed by atoms with Crippen LogP contribution in [0.2, 0.25) is 0 Å². The minimum absolute atomic E-state index is 0.0521. The van der Waals surface area contributed by atoms with E-state index in [0.29, 0.717) is 12.1 Å². The topological polar surface area (TPSA) is 61.2 Å². The van der Waals surface area contributed by atoms with Gasteiger partial charge in [0.1, 0.15) is 10.7 Å². The number of esters is 1. The first-order valence-corrected chi connectivity index (χ1v) is 9.21. The Morgan fingerprint density at radius 2 is 2.00 bits per heavy atom. The molecule has 0 atom stereocenters. The second-order valence-corrected chi connectivity index (χ2v) is 7.59. The van der Waals surface area contributed by atoms with Gasteiger partial charge in [-0.2, -0.15) is 0 Å². The van der Waals surface area contributed by atoms with E-state index in [9.17, 15) is 9.59 Å². The lowest BCUT2D eigenvalue weighted by Gasteiger charge is -2.04. The average Bonchev–Trinajstić information content (AvgIpc) is 3.17. The summed E-state index contributed by atoms with van der Waals surface area (Å²) < 4.78 is 6.49. The summed E-state index contributed by atoms with van der Waals surface area (Å²) in [7, 11) is 1.37. The molecule has 132 valence electrons. The smallest absolute Gasteiger partial charge is 0.337 e. The predicted octanol–water partition coefficient (Wildman–Crippen LogP) is 3.81. The van der Waals surface area contributed by atoms with Crippen molar-refractivity contribution in [1.29, 1.82) is 0 Å². The van der Waals surface area contributed by atoms with Crippen molar-refractivity contribution in [3.63, 3.8) is 0 Å². The maximum absolute atomic E-state index is 12.9. The summed E-state index contributed by atoms with van der Waals surface area (Å²) in [6.07, 6.45) is 2.81. The number of aromatic nitrogens is 2. The highest BCUT2D eigenvalue weighted by atomic mass is 32.1. The fourth-order valence-corrected chi connectivity index (χ4v) is 4.31. The number of fused-ring (bicyclic) bond motifs is 2. The zero-order valence-corrected chi connectivity index (χ0v) is 15.6. The van der Waals surface area contributed by atoms with E-state index in [0.717, 1.165) is 44.0 Å². The Balaban J connectivity index is 1.78. The van der Waals surface area contributed by atoms with Gasteiger partial charge in [0, 0.05) is 11.4 Å². The van der Waals surface area contributed by atoms with Crippen molar-refractivity contribution in [3.8, 4) is 0 Å². The number of thiophene rings is 1. The lowest BCUT2D eigenvalue weighted by molar-refractivity contribution is 0.0600. The fraction of sp³-hybridized carbons (Fsp3) is 0.250. The van der Waals surface area contributed by atoms with Crippen LogP contribution < -0.4 is 5.56 Å². The summed E-state index contributed by atoms with van der Waals surface area (Å²) in [6, 6.07) is 7.22. The molecule has 0 saturated heterocycles. The Bertz CT molecular complexity index is 1120. The van der Waals surface area contributed by atoms with E-state index >= 15 is 0 Å². The van der Waals surface area contributed by atoms with Crippen molar-refractivity contribution >= 4 is 39.2 Å². The molecule has 0 fully saturated rings. The van der Waals surface area contributed by atoms with Crippen LogP contribution in [-0.4, -0.2) is 22.6 Å². The second kappa shape index (κ2) is 6.21. The lowest BCUT2D eigenvalue weighted by atomic mass is 10.1. The van der Waals surface area contributed by atoms with E-state index in [4.69, 9.17) is 9.72 Å². The van der Waals surface area contributed by atoms with Gasteiger partial charge in [-0.15, -0.1) is 11.3 Å². The van der Waals surface area contributed by atoms with Gasteiger partial charge in [0.25, 0.3) is 5.56 Å². The molecule has 1 aromatic carbocycles. The van der Waals surface area contributed by atoms with Gasteiger partial charge in [-0.1, -0.05) is 12.1 Å². The molecule has 0 radical (unpaired) electrons. The zero-order chi connectivity index (χ0) is 18.4. The molecule has 26 heavy (non-hydrogen) atoms. The van der Waals surface area contributed by atoms with Crippen molar-refractivity contribution in [1.82, 2.24) is 9.55 Å². The molecule has 0 N–H and O–H groups in total. The van der Waals surface area contributed by atoms with Crippen LogP contribution in [0.3, 0.4) is 0 Å². The normalized spacial score (nSPS) is 14.8. The summed E-state index contributed by atoms with van der Waals surface area (Å²) in [6.45, 7) is 4.66. The van der Waals surface area contributed by atoms with E-state index in [2.05, 4.69) is 0 Å². The maximum Gasteiger partial charge on any atom is 0.337 e. The van der Waals surface area contributed by atoms with E-state index in [1.165, 1.54) is 7.11 Å². The number of aryl methyl sites for hydroxylation is 2. The standard InChI is InChI=1S/C20H18N2O3S/c1-11-12(2)26-18-16(11)19(23)22-9-8-15(17(22)21-18)10-13-4-6-14(7-5-13)20(24)25-3/h4-7,10H,8-9H2,1-3H3/b15-10+. The molecule has 0 aliphatic carbocycles. The van der Waals surface area contributed by atoms with Gasteiger partial charge >= 0.3 is 5.97 Å². The summed E-state index contributed by atoms with van der Waals surface area (Å²) >= 11 is 1.57. The van der Waals surface area contributed by atoms with Gasteiger partial charge in [-0.25, -0.2) is 9.78 Å². The monoisotopic (exact) mass is 366 g/mol. The molecule has 0 saturated carbocycles. The van der Waals surface area contributed by atoms with Crippen molar-refractivity contribution in [2.45, 2.75) is 26.8 Å². The van der Waals surface area contributed by atoms with Crippen molar-refractivity contribution in [2.24, 2.45) is 0 Å². The van der Waals surface area contributed by atoms with E-state index in [-0.39, 0.29) is 11.5 Å². The molecule has 1 aliphatic rings. The molecular weight excluding hydrogens is 348 g/mol. The Labute approximate surface area is 154 Å². The number of benzene rings is 1. The highest BCUT2D eigenvalue weighted by molar-refractivity contribution is 7.18. The summed E-state index contributed by atoms with van der Waals surface area (Å²) in [5, 5.41) is 0.750. The first kappa shape index (κ1) is 16.7. The molecule has 0 unspecified atom stereocenters. The molecule has 6 heteroatoms. The predicted molar refractivity (Wildman–Crippen MR) is 104 cm³/mol. The molecule has 3 aromatic rings. The number of carbonyl (C=O) groups excluding carboxylic acids is 1. The van der Waals surface area contributed by atoms with Crippen LogP contribution in [0.25, 0.3) is 21.9 Å². The van der Waals surface area contributed by atoms with Crippen molar-refractivity contribution < 1.29 is 9.53 Å². The van der Waals surface area contributed by atoms with Gasteiger partial charge in [-0.3, -0.25) is 9.36 Å². The van der Waals surface area contributed by atoms with Crippen LogP contribution in [0.15, 0.2) is 29.1 Å². The molecule has 3 heterocycles. The lowest BCUT2D eigenvalue weighted by Crippen LogP contribution is -2.20. The number of hydrogen-bond acceptors (Lipinski definition) is 5. The Morgan fingerprint density at radius 1 is 1.27 bits per heavy atom. The molecule has 0 amide bonds. The summed E-state index contributed by atoms with van der Waals surface area (Å²) in [5.74, 6) is 0.398. The highest BCUT2D eigenvalue weighted by Crippen LogP contribution is 2.31. The van der Waals surface area contributed by atoms with Crippen molar-refractivity contribution in [3.05, 3.63) is 62.0 Å². The van der Waals surface area contributed by atoms with Crippen LogP contribution in [0, 0.1) is 13.8 Å². The largest absolute Gasteiger partial charge is 0.465 e. The minimum Gasteiger partial charge on any atom is -0.465 e. The van der Waals surface area contributed by atoms with E-state index in [1.807, 2.05) is 32.1 Å². The SMILES string of the molecule is COC(=O)c1ccc(/C=C2\CCn3c2nc2sc(C)c(C)c2c3=O)cc1. The van der Waals surface area contributed by atoms with Crippen molar-refractivity contribution in [2.75, 3.05) is 7.11 Å². The molecule has 5 nitrogen and oxygen atoms in total. The highest BCUT2D eigenvalue weighted by Gasteiger charge is 2.23. The molecule has 4 rings (SSSR count). The minimum atomic E-state index is -0.352. The van der Waals surface area contributed by atoms with E-state index in [1.54, 1.807) is 28.0 Å². The van der Waals surface area contributed by atoms with Crippen LogP contribution in [0.4, 0.5) is 0 Å². The molecule has 1 aliphatic heterocycles. The number of ether oxygens (including phenoxy) is 1. The first-order valence-electron chi connectivity index (χ1n) is 8.39. The van der Waals surface area contributed by atoms with Gasteiger partial charge in [0.2, 0.25) is 0 Å². The van der Waals surface area contributed by atoms with Gasteiger partial charge in [-0.05, 0) is 55.2 Å². The summed E-state index contributed by atoms with van der Waals surface area (Å²) in [5.41, 5.74) is 3.61. The van der Waals surface area contributed by atoms with Gasteiger partial charge in [0.05, 0.1) is 18.1 Å². The number of nitrogens with zero attached hydrogens (tertiary/aromatic N) is 2. The average molecular weight is 366 g/mol. The zero-order valence-electron chi connectivity index (χ0n) is 14.8. The Hall–Kier alpha value is -2.73.